The molecule has 0 saturated carbocycles. The van der Waals surface area contributed by atoms with E-state index in [2.05, 4.69) is 0 Å². The van der Waals surface area contributed by atoms with Crippen LogP contribution in [0.25, 0.3) is 0 Å². The Hall–Kier alpha value is -2.61. The van der Waals surface area contributed by atoms with Crippen LogP contribution in [0.3, 0.4) is 0 Å². The lowest BCUT2D eigenvalue weighted by molar-refractivity contribution is -0.245. The molecule has 0 aliphatic carbocycles. The zero-order chi connectivity index (χ0) is 20.1. The third kappa shape index (κ3) is 5.19. The summed E-state index contributed by atoms with van der Waals surface area (Å²) in [5.74, 6) is -1.06. The van der Waals surface area contributed by atoms with E-state index in [1.165, 1.54) is 20.8 Å². The molecule has 1 aromatic rings. The Morgan fingerprint density at radius 2 is 1.30 bits per heavy atom. The highest BCUT2D eigenvalue weighted by atomic mass is 16.6. The molecule has 1 fully saturated rings. The summed E-state index contributed by atoms with van der Waals surface area (Å²) in [6.45, 7) is 5.42. The van der Waals surface area contributed by atoms with Crippen molar-refractivity contribution in [3.63, 3.8) is 0 Å². The molecule has 1 saturated heterocycles. The quantitative estimate of drug-likeness (QED) is 0.565. The molecule has 1 aliphatic heterocycles. The van der Waals surface area contributed by atoms with Gasteiger partial charge in [0.15, 0.2) is 18.3 Å². The molecule has 0 spiro atoms. The lowest BCUT2D eigenvalue weighted by atomic mass is 9.91. The van der Waals surface area contributed by atoms with E-state index in [-0.39, 0.29) is 0 Å². The van der Waals surface area contributed by atoms with Crippen LogP contribution in [-0.2, 0) is 33.3 Å². The highest BCUT2D eigenvalue weighted by molar-refractivity contribution is 5.68. The standard InChI is InChI=1S/C19H24O8/c1-10-16(25-11(2)20)18(26-12(3)21)19(27-13(4)22)17(24-10)14-6-8-15(23-5)9-7-14/h6-10,16-19H,1-5H3/t10-,16-,17-,18+,19-/m0/s1. The second-order valence-corrected chi connectivity index (χ2v) is 6.26. The summed E-state index contributed by atoms with van der Waals surface area (Å²) in [6.07, 6.45) is -4.22. The number of methoxy groups -OCH3 is 1. The summed E-state index contributed by atoms with van der Waals surface area (Å²) < 4.78 is 27.3. The first kappa shape index (κ1) is 20.7. The Bertz CT molecular complexity index is 683. The minimum absolute atomic E-state index is 0.558. The monoisotopic (exact) mass is 380 g/mol. The Labute approximate surface area is 157 Å². The van der Waals surface area contributed by atoms with Crippen LogP contribution in [0.2, 0.25) is 0 Å². The van der Waals surface area contributed by atoms with Crippen LogP contribution in [0, 0.1) is 0 Å². The number of hydrogen-bond acceptors (Lipinski definition) is 8. The minimum Gasteiger partial charge on any atom is -0.497 e. The van der Waals surface area contributed by atoms with Crippen molar-refractivity contribution in [1.82, 2.24) is 0 Å². The normalized spacial score (nSPS) is 27.4. The van der Waals surface area contributed by atoms with Gasteiger partial charge in [-0.15, -0.1) is 0 Å². The van der Waals surface area contributed by atoms with Crippen molar-refractivity contribution in [2.24, 2.45) is 0 Å². The van der Waals surface area contributed by atoms with E-state index in [9.17, 15) is 14.4 Å². The van der Waals surface area contributed by atoms with E-state index in [1.54, 1.807) is 38.3 Å². The van der Waals surface area contributed by atoms with Crippen molar-refractivity contribution in [1.29, 1.82) is 0 Å². The van der Waals surface area contributed by atoms with Gasteiger partial charge in [0.25, 0.3) is 0 Å². The molecular formula is C19H24O8. The highest BCUT2D eigenvalue weighted by Crippen LogP contribution is 2.37. The van der Waals surface area contributed by atoms with Gasteiger partial charge in [-0.3, -0.25) is 14.4 Å². The number of hydrogen-bond donors (Lipinski definition) is 0. The Balaban J connectivity index is 2.43. The maximum Gasteiger partial charge on any atom is 0.303 e. The van der Waals surface area contributed by atoms with Crippen molar-refractivity contribution in [3.05, 3.63) is 29.8 Å². The van der Waals surface area contributed by atoms with Crippen LogP contribution >= 0.6 is 0 Å². The molecule has 0 unspecified atom stereocenters. The molecular weight excluding hydrogens is 356 g/mol. The minimum atomic E-state index is -1.01. The topological polar surface area (TPSA) is 97.4 Å². The van der Waals surface area contributed by atoms with E-state index in [4.69, 9.17) is 23.7 Å². The van der Waals surface area contributed by atoms with Gasteiger partial charge in [0.2, 0.25) is 0 Å². The van der Waals surface area contributed by atoms with Crippen molar-refractivity contribution >= 4 is 17.9 Å². The van der Waals surface area contributed by atoms with Gasteiger partial charge < -0.3 is 23.7 Å². The van der Waals surface area contributed by atoms with Gasteiger partial charge in [-0.1, -0.05) is 12.1 Å². The summed E-state index contributed by atoms with van der Waals surface area (Å²) in [4.78, 5) is 34.8. The molecule has 2 rings (SSSR count). The summed E-state index contributed by atoms with van der Waals surface area (Å²) in [5.41, 5.74) is 0.701. The lowest BCUT2D eigenvalue weighted by Gasteiger charge is -2.44. The van der Waals surface area contributed by atoms with Crippen LogP contribution < -0.4 is 4.74 Å². The lowest BCUT2D eigenvalue weighted by Crippen LogP contribution is -2.57. The van der Waals surface area contributed by atoms with Gasteiger partial charge in [0.05, 0.1) is 13.2 Å². The molecule has 1 heterocycles. The van der Waals surface area contributed by atoms with Crippen LogP contribution in [0.4, 0.5) is 0 Å². The summed E-state index contributed by atoms with van der Waals surface area (Å²) in [6, 6.07) is 7.02. The van der Waals surface area contributed by atoms with Crippen LogP contribution in [0.5, 0.6) is 5.75 Å². The van der Waals surface area contributed by atoms with Gasteiger partial charge >= 0.3 is 17.9 Å². The zero-order valence-electron chi connectivity index (χ0n) is 16.0. The van der Waals surface area contributed by atoms with E-state index >= 15 is 0 Å². The second-order valence-electron chi connectivity index (χ2n) is 6.26. The average molecular weight is 380 g/mol. The summed E-state index contributed by atoms with van der Waals surface area (Å²) >= 11 is 0. The molecule has 0 N–H and O–H groups in total. The summed E-state index contributed by atoms with van der Waals surface area (Å²) in [7, 11) is 1.55. The molecule has 148 valence electrons. The number of carbonyl (C=O) groups is 3. The first-order chi connectivity index (χ1) is 12.7. The molecule has 5 atom stereocenters. The van der Waals surface area contributed by atoms with E-state index in [0.29, 0.717) is 11.3 Å². The first-order valence-electron chi connectivity index (χ1n) is 8.54. The molecule has 27 heavy (non-hydrogen) atoms. The third-order valence-electron chi connectivity index (χ3n) is 4.12. The fraction of sp³-hybridized carbons (Fsp3) is 0.526. The van der Waals surface area contributed by atoms with Crippen LogP contribution in [-0.4, -0.2) is 49.4 Å². The molecule has 8 heteroatoms. The number of ether oxygens (including phenoxy) is 5. The predicted octanol–water partition coefficient (Wildman–Crippen LogP) is 1.95. The molecule has 8 nitrogen and oxygen atoms in total. The average Bonchev–Trinajstić information content (AvgIpc) is 2.59. The smallest absolute Gasteiger partial charge is 0.303 e. The maximum absolute atomic E-state index is 11.7. The van der Waals surface area contributed by atoms with E-state index in [1.807, 2.05) is 0 Å². The molecule has 0 bridgehead atoms. The van der Waals surface area contributed by atoms with Gasteiger partial charge in [-0.2, -0.15) is 0 Å². The fourth-order valence-electron chi connectivity index (χ4n) is 3.08. The molecule has 0 aromatic heterocycles. The Morgan fingerprint density at radius 3 is 1.78 bits per heavy atom. The number of carbonyl (C=O) groups excluding carboxylic acids is 3. The third-order valence-corrected chi connectivity index (χ3v) is 4.12. The van der Waals surface area contributed by atoms with E-state index < -0.39 is 48.4 Å². The van der Waals surface area contributed by atoms with Crippen LogP contribution in [0.15, 0.2) is 24.3 Å². The Morgan fingerprint density at radius 1 is 0.815 bits per heavy atom. The fourth-order valence-corrected chi connectivity index (χ4v) is 3.08. The number of esters is 3. The predicted molar refractivity (Wildman–Crippen MR) is 92.9 cm³/mol. The first-order valence-corrected chi connectivity index (χ1v) is 8.54. The summed E-state index contributed by atoms with van der Waals surface area (Å²) in [5, 5.41) is 0. The zero-order valence-corrected chi connectivity index (χ0v) is 16.0. The van der Waals surface area contributed by atoms with Crippen LogP contribution in [0.1, 0.15) is 39.4 Å². The second kappa shape index (κ2) is 8.85. The molecule has 0 radical (unpaired) electrons. The van der Waals surface area contributed by atoms with Gasteiger partial charge in [0, 0.05) is 20.8 Å². The van der Waals surface area contributed by atoms with Gasteiger partial charge in [0.1, 0.15) is 11.9 Å². The Kier molecular flexibility index (Phi) is 6.79. The van der Waals surface area contributed by atoms with Gasteiger partial charge in [-0.25, -0.2) is 0 Å². The number of benzene rings is 1. The molecule has 1 aromatic carbocycles. The highest BCUT2D eigenvalue weighted by Gasteiger charge is 2.50. The van der Waals surface area contributed by atoms with Crippen molar-refractivity contribution in [3.8, 4) is 5.75 Å². The molecule has 1 aliphatic rings. The van der Waals surface area contributed by atoms with Crippen molar-refractivity contribution < 1.29 is 38.1 Å². The SMILES string of the molecule is COc1ccc([C@@H]2O[C@@H](C)[C@H](OC(C)=O)[C@@H](OC(C)=O)[C@H]2OC(C)=O)cc1. The van der Waals surface area contributed by atoms with E-state index in [0.717, 1.165) is 0 Å². The van der Waals surface area contributed by atoms with Gasteiger partial charge in [-0.05, 0) is 24.6 Å². The molecule has 0 amide bonds. The largest absolute Gasteiger partial charge is 0.497 e. The number of rotatable bonds is 5. The maximum atomic E-state index is 11.7. The van der Waals surface area contributed by atoms with Crippen molar-refractivity contribution in [2.45, 2.75) is 58.2 Å². The van der Waals surface area contributed by atoms with Crippen molar-refractivity contribution in [2.75, 3.05) is 7.11 Å².